The summed E-state index contributed by atoms with van der Waals surface area (Å²) in [5.41, 5.74) is 7.02. The monoisotopic (exact) mass is 287 g/mol. The summed E-state index contributed by atoms with van der Waals surface area (Å²) in [7, 11) is 0. The lowest BCUT2D eigenvalue weighted by atomic mass is 9.71. The number of nitrogens with two attached hydrogens (primary N) is 1. The van der Waals surface area contributed by atoms with Crippen LogP contribution in [0.5, 0.6) is 0 Å². The smallest absolute Gasteiger partial charge is 0.147 e. The van der Waals surface area contributed by atoms with E-state index >= 15 is 0 Å². The van der Waals surface area contributed by atoms with Crippen molar-refractivity contribution in [2.75, 3.05) is 0 Å². The van der Waals surface area contributed by atoms with E-state index < -0.39 is 11.0 Å². The highest BCUT2D eigenvalue weighted by Crippen LogP contribution is 2.31. The summed E-state index contributed by atoms with van der Waals surface area (Å²) >= 11 is 0. The minimum atomic E-state index is -0.594. The second-order valence-corrected chi connectivity index (χ2v) is 6.71. The number of fused-ring (bicyclic) bond motifs is 1. The van der Waals surface area contributed by atoms with Crippen LogP contribution in [0.4, 0.5) is 0 Å². The highest BCUT2D eigenvalue weighted by Gasteiger charge is 2.40. The van der Waals surface area contributed by atoms with Gasteiger partial charge in [0, 0.05) is 17.5 Å². The Kier molecular flexibility index (Phi) is 3.93. The SMILES string of the molecule is CCn1c(CC(=O)C(C)(C)C(C)(C)N)nc2ccccc21. The van der Waals surface area contributed by atoms with Crippen LogP contribution in [0.3, 0.4) is 0 Å². The van der Waals surface area contributed by atoms with Crippen molar-refractivity contribution in [1.82, 2.24) is 9.55 Å². The van der Waals surface area contributed by atoms with Crippen molar-refractivity contribution in [3.05, 3.63) is 30.1 Å². The number of aromatic nitrogens is 2. The van der Waals surface area contributed by atoms with Crippen LogP contribution < -0.4 is 5.73 Å². The first kappa shape index (κ1) is 15.7. The molecule has 0 aliphatic heterocycles. The topological polar surface area (TPSA) is 60.9 Å². The highest BCUT2D eigenvalue weighted by molar-refractivity contribution is 5.88. The Labute approximate surface area is 126 Å². The normalized spacial score (nSPS) is 12.9. The van der Waals surface area contributed by atoms with E-state index in [0.717, 1.165) is 23.4 Å². The number of ketones is 1. The number of aryl methyl sites for hydroxylation is 1. The average molecular weight is 287 g/mol. The first-order chi connectivity index (χ1) is 9.68. The molecule has 0 radical (unpaired) electrons. The quantitative estimate of drug-likeness (QED) is 0.919. The second kappa shape index (κ2) is 5.26. The van der Waals surface area contributed by atoms with Gasteiger partial charge in [0.1, 0.15) is 11.6 Å². The summed E-state index contributed by atoms with van der Waals surface area (Å²) in [6.07, 6.45) is 0.316. The minimum Gasteiger partial charge on any atom is -0.328 e. The van der Waals surface area contributed by atoms with Crippen molar-refractivity contribution in [2.24, 2.45) is 11.1 Å². The van der Waals surface area contributed by atoms with Crippen LogP contribution in [0.15, 0.2) is 24.3 Å². The van der Waals surface area contributed by atoms with Gasteiger partial charge >= 0.3 is 0 Å². The summed E-state index contributed by atoms with van der Waals surface area (Å²) < 4.78 is 2.10. The van der Waals surface area contributed by atoms with Gasteiger partial charge in [-0.25, -0.2) is 4.98 Å². The van der Waals surface area contributed by atoms with Crippen molar-refractivity contribution < 1.29 is 4.79 Å². The van der Waals surface area contributed by atoms with Gasteiger partial charge in [0.05, 0.1) is 17.5 Å². The number of nitrogens with zero attached hydrogens (tertiary/aromatic N) is 2. The Morgan fingerprint density at radius 3 is 2.43 bits per heavy atom. The molecule has 0 spiro atoms. The maximum Gasteiger partial charge on any atom is 0.147 e. The molecule has 0 bridgehead atoms. The molecule has 114 valence electrons. The molecule has 0 atom stereocenters. The fourth-order valence-corrected chi connectivity index (χ4v) is 2.34. The molecule has 0 aliphatic rings. The van der Waals surface area contributed by atoms with Crippen LogP contribution in [0.25, 0.3) is 11.0 Å². The fourth-order valence-electron chi connectivity index (χ4n) is 2.34. The number of hydrogen-bond acceptors (Lipinski definition) is 3. The van der Waals surface area contributed by atoms with Crippen molar-refractivity contribution in [1.29, 1.82) is 0 Å². The number of benzene rings is 1. The average Bonchev–Trinajstić information content (AvgIpc) is 2.74. The summed E-state index contributed by atoms with van der Waals surface area (Å²) in [6.45, 7) is 10.5. The van der Waals surface area contributed by atoms with Crippen molar-refractivity contribution in [3.63, 3.8) is 0 Å². The molecule has 0 fully saturated rings. The maximum absolute atomic E-state index is 12.7. The third-order valence-electron chi connectivity index (χ3n) is 4.68. The molecule has 0 aliphatic carbocycles. The third-order valence-corrected chi connectivity index (χ3v) is 4.68. The predicted molar refractivity (Wildman–Crippen MR) is 86.2 cm³/mol. The molecular formula is C17H25N3O. The summed E-state index contributed by atoms with van der Waals surface area (Å²) in [6, 6.07) is 7.98. The molecule has 0 amide bonds. The van der Waals surface area contributed by atoms with Gasteiger partial charge in [-0.3, -0.25) is 4.79 Å². The van der Waals surface area contributed by atoms with E-state index in [1.54, 1.807) is 0 Å². The van der Waals surface area contributed by atoms with Crippen LogP contribution in [0.1, 0.15) is 40.4 Å². The molecule has 0 unspecified atom stereocenters. The van der Waals surface area contributed by atoms with Gasteiger partial charge in [0.15, 0.2) is 0 Å². The molecular weight excluding hydrogens is 262 g/mol. The van der Waals surface area contributed by atoms with Crippen molar-refractivity contribution >= 4 is 16.8 Å². The van der Waals surface area contributed by atoms with Crippen LogP contribution >= 0.6 is 0 Å². The summed E-state index contributed by atoms with van der Waals surface area (Å²) in [4.78, 5) is 17.3. The van der Waals surface area contributed by atoms with Crippen LogP contribution in [0, 0.1) is 5.41 Å². The number of carbonyl (C=O) groups is 1. The molecule has 2 N–H and O–H groups in total. The zero-order valence-corrected chi connectivity index (χ0v) is 13.6. The minimum absolute atomic E-state index is 0.125. The van der Waals surface area contributed by atoms with Gasteiger partial charge in [-0.05, 0) is 32.9 Å². The Bertz CT molecular complexity index is 662. The Morgan fingerprint density at radius 2 is 1.86 bits per heavy atom. The lowest BCUT2D eigenvalue weighted by Gasteiger charge is -2.37. The number of rotatable bonds is 5. The highest BCUT2D eigenvalue weighted by atomic mass is 16.1. The van der Waals surface area contributed by atoms with Gasteiger partial charge in [-0.2, -0.15) is 0 Å². The van der Waals surface area contributed by atoms with E-state index in [9.17, 15) is 4.79 Å². The molecule has 1 aromatic heterocycles. The number of Topliss-reactive ketones (excluding diaryl/α,β-unsaturated/α-hetero) is 1. The van der Waals surface area contributed by atoms with E-state index in [0.29, 0.717) is 6.42 Å². The Hall–Kier alpha value is -1.68. The number of hydrogen-bond donors (Lipinski definition) is 1. The van der Waals surface area contributed by atoms with Gasteiger partial charge in [-0.1, -0.05) is 26.0 Å². The summed E-state index contributed by atoms with van der Waals surface area (Å²) in [5, 5.41) is 0. The van der Waals surface area contributed by atoms with Crippen molar-refractivity contribution in [2.45, 2.75) is 53.1 Å². The number of carbonyl (C=O) groups excluding carboxylic acids is 1. The van der Waals surface area contributed by atoms with Gasteiger partial charge in [0.25, 0.3) is 0 Å². The molecule has 4 nitrogen and oxygen atoms in total. The van der Waals surface area contributed by atoms with Gasteiger partial charge in [0.2, 0.25) is 0 Å². The second-order valence-electron chi connectivity index (χ2n) is 6.71. The molecule has 2 rings (SSSR count). The Balaban J connectivity index is 2.38. The molecule has 2 aromatic rings. The predicted octanol–water partition coefficient (Wildman–Crippen LogP) is 2.93. The van der Waals surface area contributed by atoms with E-state index in [1.165, 1.54) is 0 Å². The zero-order valence-electron chi connectivity index (χ0n) is 13.6. The largest absolute Gasteiger partial charge is 0.328 e. The van der Waals surface area contributed by atoms with Crippen LogP contribution in [-0.4, -0.2) is 20.9 Å². The third kappa shape index (κ3) is 2.72. The fraction of sp³-hybridized carbons (Fsp3) is 0.529. The Morgan fingerprint density at radius 1 is 1.24 bits per heavy atom. The molecule has 1 aromatic carbocycles. The first-order valence-electron chi connectivity index (χ1n) is 7.45. The number of imidazole rings is 1. The van der Waals surface area contributed by atoms with E-state index in [2.05, 4.69) is 16.5 Å². The summed E-state index contributed by atoms with van der Waals surface area (Å²) in [5.74, 6) is 0.945. The first-order valence-corrected chi connectivity index (χ1v) is 7.45. The lowest BCUT2D eigenvalue weighted by Crippen LogP contribution is -2.52. The van der Waals surface area contributed by atoms with E-state index in [1.807, 2.05) is 52.0 Å². The van der Waals surface area contributed by atoms with Gasteiger partial charge in [-0.15, -0.1) is 0 Å². The maximum atomic E-state index is 12.7. The molecule has 0 saturated carbocycles. The van der Waals surface area contributed by atoms with E-state index in [-0.39, 0.29) is 5.78 Å². The molecule has 21 heavy (non-hydrogen) atoms. The lowest BCUT2D eigenvalue weighted by molar-refractivity contribution is -0.129. The van der Waals surface area contributed by atoms with Crippen LogP contribution in [0.2, 0.25) is 0 Å². The zero-order chi connectivity index (χ0) is 15.8. The molecule has 4 heteroatoms. The van der Waals surface area contributed by atoms with E-state index in [4.69, 9.17) is 5.73 Å². The standard InChI is InChI=1S/C17H25N3O/c1-6-20-13-10-8-7-9-12(13)19-15(20)11-14(21)16(2,3)17(4,5)18/h7-10H,6,11,18H2,1-5H3. The number of para-hydroxylation sites is 2. The van der Waals surface area contributed by atoms with Crippen molar-refractivity contribution in [3.8, 4) is 0 Å². The van der Waals surface area contributed by atoms with Crippen LogP contribution in [-0.2, 0) is 17.8 Å². The van der Waals surface area contributed by atoms with Gasteiger partial charge < -0.3 is 10.3 Å². The molecule has 0 saturated heterocycles. The molecule has 1 heterocycles.